The Balaban J connectivity index is 1.27. The molecule has 0 saturated carbocycles. The summed E-state index contributed by atoms with van der Waals surface area (Å²) in [7, 11) is 0. The van der Waals surface area contributed by atoms with E-state index >= 15 is 0 Å². The van der Waals surface area contributed by atoms with E-state index in [1.54, 1.807) is 12.1 Å². The maximum absolute atomic E-state index is 14.8. The fourth-order valence-corrected chi connectivity index (χ4v) is 9.52. The zero-order valence-corrected chi connectivity index (χ0v) is 29.3. The highest BCUT2D eigenvalue weighted by Crippen LogP contribution is 2.49. The predicted molar refractivity (Wildman–Crippen MR) is 223 cm³/mol. The van der Waals surface area contributed by atoms with Crippen molar-refractivity contribution in [1.82, 2.24) is 9.13 Å². The van der Waals surface area contributed by atoms with E-state index in [1.807, 2.05) is 17.4 Å². The first-order valence-corrected chi connectivity index (χ1v) is 18.6. The van der Waals surface area contributed by atoms with Gasteiger partial charge < -0.3 is 14.0 Å². The van der Waals surface area contributed by atoms with E-state index in [9.17, 15) is 4.39 Å². The van der Waals surface area contributed by atoms with Gasteiger partial charge in [0.05, 0.1) is 33.4 Å². The highest BCUT2D eigenvalue weighted by atomic mass is 32.1. The van der Waals surface area contributed by atoms with Crippen LogP contribution in [0.1, 0.15) is 0 Å². The van der Waals surface area contributed by atoms with Crippen molar-refractivity contribution in [2.24, 2.45) is 0 Å². The lowest BCUT2D eigenvalue weighted by molar-refractivity contribution is 0.627. The van der Waals surface area contributed by atoms with Crippen molar-refractivity contribution in [1.29, 1.82) is 0 Å². The van der Waals surface area contributed by atoms with Crippen molar-refractivity contribution in [3.63, 3.8) is 0 Å². The van der Waals surface area contributed by atoms with E-state index < -0.39 is 0 Å². The van der Waals surface area contributed by atoms with Crippen LogP contribution >= 0.6 is 11.3 Å². The standard InChI is InChI=1S/C48H30FN3S/c49-31-13-10-16-33(29-31)51-40-21-8-5-19-38(40)48-42(51)23-12-25-44(48)52(34-27-28-36-35-17-6-9-26-45(35)53-46(36)30-34)43-24-11-22-41-47(43)37-18-4-7-20-39(37)50(41)32-14-2-1-3-15-32/h1-30H. The molecule has 0 atom stereocenters. The van der Waals surface area contributed by atoms with Crippen LogP contribution in [0.25, 0.3) is 75.2 Å². The van der Waals surface area contributed by atoms with Crippen LogP contribution < -0.4 is 4.90 Å². The minimum atomic E-state index is -0.260. The van der Waals surface area contributed by atoms with Crippen LogP contribution in [-0.4, -0.2) is 9.13 Å². The molecule has 0 aliphatic carbocycles. The van der Waals surface area contributed by atoms with Gasteiger partial charge in [0.1, 0.15) is 5.82 Å². The van der Waals surface area contributed by atoms with Gasteiger partial charge in [-0.3, -0.25) is 0 Å². The predicted octanol–water partition coefficient (Wildman–Crippen LogP) is 13.9. The molecule has 0 unspecified atom stereocenters. The van der Waals surface area contributed by atoms with Gasteiger partial charge in [-0.1, -0.05) is 97.1 Å². The summed E-state index contributed by atoms with van der Waals surface area (Å²) >= 11 is 1.83. The van der Waals surface area contributed by atoms with Crippen LogP contribution in [0.15, 0.2) is 182 Å². The average Bonchev–Trinajstić information content (AvgIpc) is 3.86. The molecule has 11 aromatic rings. The molecule has 3 aromatic heterocycles. The number of hydrogen-bond acceptors (Lipinski definition) is 2. The molecule has 0 N–H and O–H groups in total. The lowest BCUT2D eigenvalue weighted by Crippen LogP contribution is -2.11. The molecule has 0 radical (unpaired) electrons. The first-order valence-electron chi connectivity index (χ1n) is 17.8. The molecule has 0 aliphatic heterocycles. The highest BCUT2D eigenvalue weighted by molar-refractivity contribution is 7.25. The number of fused-ring (bicyclic) bond motifs is 9. The van der Waals surface area contributed by atoms with Gasteiger partial charge in [0.25, 0.3) is 0 Å². The van der Waals surface area contributed by atoms with E-state index in [4.69, 9.17) is 0 Å². The molecule has 0 amide bonds. The number of aromatic nitrogens is 2. The molecule has 3 nitrogen and oxygen atoms in total. The summed E-state index contributed by atoms with van der Waals surface area (Å²) in [6.07, 6.45) is 0. The third kappa shape index (κ3) is 4.51. The molecule has 0 aliphatic rings. The summed E-state index contributed by atoms with van der Waals surface area (Å²) < 4.78 is 21.9. The summed E-state index contributed by atoms with van der Waals surface area (Å²) in [6, 6.07) is 63.4. The molecule has 0 spiro atoms. The Kier molecular flexibility index (Phi) is 6.60. The van der Waals surface area contributed by atoms with Gasteiger partial charge in [-0.2, -0.15) is 0 Å². The van der Waals surface area contributed by atoms with Gasteiger partial charge in [-0.25, -0.2) is 4.39 Å². The largest absolute Gasteiger partial charge is 0.309 e. The third-order valence-electron chi connectivity index (χ3n) is 10.5. The normalized spacial score (nSPS) is 11.9. The second-order valence-electron chi connectivity index (χ2n) is 13.5. The zero-order chi connectivity index (χ0) is 35.0. The van der Waals surface area contributed by atoms with Crippen molar-refractivity contribution in [3.05, 3.63) is 188 Å². The number of hydrogen-bond donors (Lipinski definition) is 0. The topological polar surface area (TPSA) is 13.1 Å². The first-order chi connectivity index (χ1) is 26.2. The van der Waals surface area contributed by atoms with Crippen LogP contribution in [0, 0.1) is 5.82 Å². The number of anilines is 3. The van der Waals surface area contributed by atoms with E-state index in [0.717, 1.165) is 61.3 Å². The summed E-state index contributed by atoms with van der Waals surface area (Å²) in [5.41, 5.74) is 9.46. The molecular formula is C48H30FN3S. The fraction of sp³-hybridized carbons (Fsp3) is 0. The monoisotopic (exact) mass is 699 g/mol. The van der Waals surface area contributed by atoms with Crippen LogP contribution in [0.2, 0.25) is 0 Å². The Bertz CT molecular complexity index is 3210. The molecule has 0 saturated heterocycles. The number of para-hydroxylation sites is 3. The Morgan fingerprint density at radius 3 is 1.60 bits per heavy atom. The maximum atomic E-state index is 14.8. The van der Waals surface area contributed by atoms with Crippen LogP contribution in [0.5, 0.6) is 0 Å². The molecule has 5 heteroatoms. The molecule has 3 heterocycles. The quantitative estimate of drug-likeness (QED) is 0.174. The van der Waals surface area contributed by atoms with Gasteiger partial charge in [0, 0.05) is 58.8 Å². The Hall–Kier alpha value is -6.69. The maximum Gasteiger partial charge on any atom is 0.125 e. The smallest absolute Gasteiger partial charge is 0.125 e. The van der Waals surface area contributed by atoms with Gasteiger partial charge in [0.15, 0.2) is 0 Å². The Morgan fingerprint density at radius 2 is 0.925 bits per heavy atom. The van der Waals surface area contributed by atoms with E-state index in [-0.39, 0.29) is 5.82 Å². The minimum Gasteiger partial charge on any atom is -0.309 e. The van der Waals surface area contributed by atoms with Crippen LogP contribution in [0.4, 0.5) is 21.5 Å². The van der Waals surface area contributed by atoms with E-state index in [2.05, 4.69) is 172 Å². The molecule has 0 fully saturated rings. The molecular weight excluding hydrogens is 670 g/mol. The molecule has 250 valence electrons. The number of halogens is 1. The van der Waals surface area contributed by atoms with Crippen molar-refractivity contribution in [2.45, 2.75) is 0 Å². The average molecular weight is 700 g/mol. The lowest BCUT2D eigenvalue weighted by Gasteiger charge is -2.27. The zero-order valence-electron chi connectivity index (χ0n) is 28.4. The summed E-state index contributed by atoms with van der Waals surface area (Å²) in [5.74, 6) is -0.260. The van der Waals surface area contributed by atoms with Crippen molar-refractivity contribution < 1.29 is 4.39 Å². The van der Waals surface area contributed by atoms with Gasteiger partial charge in [-0.05, 0) is 84.9 Å². The highest BCUT2D eigenvalue weighted by Gasteiger charge is 2.25. The molecule has 11 rings (SSSR count). The Labute approximate surface area is 308 Å². The van der Waals surface area contributed by atoms with Crippen LogP contribution in [-0.2, 0) is 0 Å². The molecule has 53 heavy (non-hydrogen) atoms. The SMILES string of the molecule is Fc1cccc(-n2c3ccccc3c3c(N(c4ccc5c(c4)sc4ccccc45)c4cccc5c4c4ccccc4n5-c4ccccc4)cccc32)c1. The fourth-order valence-electron chi connectivity index (χ4n) is 8.38. The summed E-state index contributed by atoms with van der Waals surface area (Å²) in [5, 5.41) is 7.10. The molecule has 0 bridgehead atoms. The minimum absolute atomic E-state index is 0.260. The van der Waals surface area contributed by atoms with E-state index in [1.165, 1.54) is 37.0 Å². The summed E-state index contributed by atoms with van der Waals surface area (Å²) in [4.78, 5) is 2.44. The van der Waals surface area contributed by atoms with Crippen molar-refractivity contribution in [3.8, 4) is 11.4 Å². The van der Waals surface area contributed by atoms with Crippen molar-refractivity contribution in [2.75, 3.05) is 4.90 Å². The Morgan fingerprint density at radius 1 is 0.396 bits per heavy atom. The van der Waals surface area contributed by atoms with Gasteiger partial charge in [0.2, 0.25) is 0 Å². The summed E-state index contributed by atoms with van der Waals surface area (Å²) in [6.45, 7) is 0. The third-order valence-corrected chi connectivity index (χ3v) is 11.7. The number of benzene rings is 8. The van der Waals surface area contributed by atoms with E-state index in [0.29, 0.717) is 0 Å². The molecule has 8 aromatic carbocycles. The van der Waals surface area contributed by atoms with Gasteiger partial charge in [-0.15, -0.1) is 11.3 Å². The number of rotatable bonds is 5. The first kappa shape index (κ1) is 30.0. The second-order valence-corrected chi connectivity index (χ2v) is 14.6. The second kappa shape index (κ2) is 11.7. The number of nitrogens with zero attached hydrogens (tertiary/aromatic N) is 3. The lowest BCUT2D eigenvalue weighted by atomic mass is 10.0. The van der Waals surface area contributed by atoms with Gasteiger partial charge >= 0.3 is 0 Å². The van der Waals surface area contributed by atoms with Crippen LogP contribution in [0.3, 0.4) is 0 Å². The number of thiophene rings is 1. The van der Waals surface area contributed by atoms with Crippen molar-refractivity contribution >= 4 is 92.2 Å².